The van der Waals surface area contributed by atoms with E-state index in [2.05, 4.69) is 26.8 Å². The Morgan fingerprint density at radius 2 is 1.64 bits per heavy atom. The fourth-order valence-electron chi connectivity index (χ4n) is 3.44. The van der Waals surface area contributed by atoms with Gasteiger partial charge >= 0.3 is 0 Å². The molecule has 1 aliphatic carbocycles. The van der Waals surface area contributed by atoms with Crippen molar-refractivity contribution in [3.8, 4) is 17.2 Å². The summed E-state index contributed by atoms with van der Waals surface area (Å²) in [5.41, 5.74) is 5.37. The van der Waals surface area contributed by atoms with Crippen molar-refractivity contribution >= 4 is 5.78 Å². The molecular weight excluding hydrogens is 352 g/mol. The summed E-state index contributed by atoms with van der Waals surface area (Å²) in [6, 6.07) is 6.73. The Morgan fingerprint density at radius 3 is 2.32 bits per heavy atom. The predicted octanol–water partition coefficient (Wildman–Crippen LogP) is 5.22. The highest BCUT2D eigenvalue weighted by molar-refractivity contribution is 6.15. The zero-order valence-corrected chi connectivity index (χ0v) is 16.8. The van der Waals surface area contributed by atoms with E-state index in [1.165, 1.54) is 17.2 Å². The lowest BCUT2D eigenvalue weighted by atomic mass is 9.83. The molecule has 0 aromatic heterocycles. The van der Waals surface area contributed by atoms with Crippen LogP contribution in [0, 0.1) is 6.92 Å². The van der Waals surface area contributed by atoms with Gasteiger partial charge in [0.15, 0.2) is 0 Å². The summed E-state index contributed by atoms with van der Waals surface area (Å²) in [6.07, 6.45) is 5.52. The summed E-state index contributed by atoms with van der Waals surface area (Å²) in [6.45, 7) is 8.46. The van der Waals surface area contributed by atoms with Crippen molar-refractivity contribution in [3.05, 3.63) is 75.4 Å². The number of ketones is 1. The van der Waals surface area contributed by atoms with Crippen LogP contribution in [0.4, 0.5) is 0 Å². The van der Waals surface area contributed by atoms with Crippen LogP contribution < -0.4 is 4.74 Å². The number of allylic oxidation sites excluding steroid dienone is 3. The summed E-state index contributed by atoms with van der Waals surface area (Å²) in [5.74, 6) is 0.0154. The smallest absolute Gasteiger partial charge is 0.201 e. The number of phenolic OH excluding ortho intramolecular Hbond substituents is 2. The van der Waals surface area contributed by atoms with Crippen molar-refractivity contribution < 1.29 is 19.7 Å². The molecule has 0 heterocycles. The van der Waals surface area contributed by atoms with Crippen molar-refractivity contribution in [1.29, 1.82) is 0 Å². The zero-order valence-electron chi connectivity index (χ0n) is 16.8. The van der Waals surface area contributed by atoms with Crippen LogP contribution in [0.15, 0.2) is 47.6 Å². The van der Waals surface area contributed by atoms with E-state index in [0.29, 0.717) is 24.3 Å². The fourth-order valence-corrected chi connectivity index (χ4v) is 3.44. The van der Waals surface area contributed by atoms with Crippen LogP contribution in [0.25, 0.3) is 0 Å². The van der Waals surface area contributed by atoms with Crippen molar-refractivity contribution in [2.45, 2.75) is 40.5 Å². The van der Waals surface area contributed by atoms with Crippen LogP contribution in [0.5, 0.6) is 17.2 Å². The van der Waals surface area contributed by atoms with E-state index in [1.54, 1.807) is 12.1 Å². The van der Waals surface area contributed by atoms with Gasteiger partial charge in [-0.3, -0.25) is 4.79 Å². The molecule has 0 fully saturated rings. The van der Waals surface area contributed by atoms with Gasteiger partial charge in [-0.25, -0.2) is 0 Å². The minimum atomic E-state index is -0.352. The number of phenols is 2. The first-order valence-electron chi connectivity index (χ1n) is 9.41. The minimum Gasteiger partial charge on any atom is -0.507 e. The highest BCUT2D eigenvalue weighted by atomic mass is 16.5. The first-order chi connectivity index (χ1) is 13.3. The molecule has 4 nitrogen and oxygen atoms in total. The SMILES string of the molecule is CC(C)=CCC(C)=CCOc1cc(O)c2c(c1)Cc1cc(C)cc(O)c1C2=O. The standard InChI is InChI=1S/C24H26O4/c1-14(2)5-6-15(3)7-8-28-19-12-18-11-17-9-16(4)10-20(25)22(17)24(27)23(18)21(26)13-19/h5,7,9-10,12-13,25-26H,6,8,11H2,1-4H3. The Bertz CT molecular complexity index is 992. The average molecular weight is 378 g/mol. The molecule has 0 saturated heterocycles. The average Bonchev–Trinajstić information content (AvgIpc) is 2.58. The van der Waals surface area contributed by atoms with Gasteiger partial charge in [-0.15, -0.1) is 0 Å². The molecule has 0 unspecified atom stereocenters. The number of hydrogen-bond acceptors (Lipinski definition) is 4. The first kappa shape index (κ1) is 19.7. The van der Waals surface area contributed by atoms with Crippen LogP contribution in [0.1, 0.15) is 59.8 Å². The number of aromatic hydroxyl groups is 2. The van der Waals surface area contributed by atoms with Crippen LogP contribution in [0.2, 0.25) is 0 Å². The van der Waals surface area contributed by atoms with E-state index in [4.69, 9.17) is 4.74 Å². The molecule has 3 rings (SSSR count). The van der Waals surface area contributed by atoms with Crippen LogP contribution in [-0.4, -0.2) is 22.6 Å². The summed E-state index contributed by atoms with van der Waals surface area (Å²) >= 11 is 0. The van der Waals surface area contributed by atoms with Gasteiger partial charge < -0.3 is 14.9 Å². The molecular formula is C24H26O4. The lowest BCUT2D eigenvalue weighted by Crippen LogP contribution is -2.16. The molecule has 146 valence electrons. The predicted molar refractivity (Wildman–Crippen MR) is 110 cm³/mol. The number of benzene rings is 2. The molecule has 2 N–H and O–H groups in total. The second-order valence-electron chi connectivity index (χ2n) is 7.65. The third-order valence-electron chi connectivity index (χ3n) is 4.87. The number of ether oxygens (including phenoxy) is 1. The lowest BCUT2D eigenvalue weighted by Gasteiger charge is -2.21. The Morgan fingerprint density at radius 1 is 1.00 bits per heavy atom. The maximum atomic E-state index is 12.8. The number of carbonyl (C=O) groups is 1. The van der Waals surface area contributed by atoms with E-state index in [-0.39, 0.29) is 28.4 Å². The Balaban J connectivity index is 1.83. The maximum Gasteiger partial charge on any atom is 0.201 e. The molecule has 0 aliphatic heterocycles. The number of rotatable bonds is 5. The molecule has 0 bridgehead atoms. The Hall–Kier alpha value is -3.01. The lowest BCUT2D eigenvalue weighted by molar-refractivity contribution is 0.102. The molecule has 0 radical (unpaired) electrons. The van der Waals surface area contributed by atoms with Crippen LogP contribution >= 0.6 is 0 Å². The van der Waals surface area contributed by atoms with Gasteiger partial charge in [-0.2, -0.15) is 0 Å². The van der Waals surface area contributed by atoms with Gasteiger partial charge in [0.2, 0.25) is 5.78 Å². The van der Waals surface area contributed by atoms with E-state index in [9.17, 15) is 15.0 Å². The van der Waals surface area contributed by atoms with Gasteiger partial charge in [0.25, 0.3) is 0 Å². The van der Waals surface area contributed by atoms with Gasteiger partial charge in [0.1, 0.15) is 23.9 Å². The number of carbonyl (C=O) groups excluding carboxylic acids is 1. The molecule has 28 heavy (non-hydrogen) atoms. The molecule has 1 aliphatic rings. The third kappa shape index (κ3) is 4.11. The minimum absolute atomic E-state index is 0.0395. The van der Waals surface area contributed by atoms with Crippen molar-refractivity contribution in [2.24, 2.45) is 0 Å². The second-order valence-corrected chi connectivity index (χ2v) is 7.65. The molecule has 2 aromatic carbocycles. The topological polar surface area (TPSA) is 66.8 Å². The fraction of sp³-hybridized carbons (Fsp3) is 0.292. The third-order valence-corrected chi connectivity index (χ3v) is 4.87. The van der Waals surface area contributed by atoms with E-state index < -0.39 is 0 Å². The number of aryl methyl sites for hydroxylation is 1. The quantitative estimate of drug-likeness (QED) is 0.597. The van der Waals surface area contributed by atoms with Gasteiger partial charge in [-0.05, 0) is 75.4 Å². The summed E-state index contributed by atoms with van der Waals surface area (Å²) in [5, 5.41) is 20.6. The van der Waals surface area contributed by atoms with Crippen molar-refractivity contribution in [3.63, 3.8) is 0 Å². The summed E-state index contributed by atoms with van der Waals surface area (Å²) in [4.78, 5) is 12.8. The largest absolute Gasteiger partial charge is 0.507 e. The van der Waals surface area contributed by atoms with E-state index in [0.717, 1.165) is 17.5 Å². The highest BCUT2D eigenvalue weighted by Crippen LogP contribution is 2.39. The normalized spacial score (nSPS) is 13.0. The second kappa shape index (κ2) is 7.93. The molecule has 0 amide bonds. The monoisotopic (exact) mass is 378 g/mol. The zero-order chi connectivity index (χ0) is 20.4. The molecule has 0 spiro atoms. The molecule has 0 saturated carbocycles. The Kier molecular flexibility index (Phi) is 5.59. The molecule has 4 heteroatoms. The van der Waals surface area contributed by atoms with E-state index >= 15 is 0 Å². The first-order valence-corrected chi connectivity index (χ1v) is 9.41. The maximum absolute atomic E-state index is 12.8. The number of hydrogen-bond donors (Lipinski definition) is 2. The molecule has 0 atom stereocenters. The number of fused-ring (bicyclic) bond motifs is 2. The van der Waals surface area contributed by atoms with Crippen molar-refractivity contribution in [1.82, 2.24) is 0 Å². The summed E-state index contributed by atoms with van der Waals surface area (Å²) in [7, 11) is 0. The molecule has 2 aromatic rings. The van der Waals surface area contributed by atoms with Gasteiger partial charge in [0, 0.05) is 6.07 Å². The highest BCUT2D eigenvalue weighted by Gasteiger charge is 2.29. The van der Waals surface area contributed by atoms with Crippen LogP contribution in [-0.2, 0) is 6.42 Å². The van der Waals surface area contributed by atoms with Gasteiger partial charge in [-0.1, -0.05) is 23.3 Å². The summed E-state index contributed by atoms with van der Waals surface area (Å²) < 4.78 is 5.78. The van der Waals surface area contributed by atoms with E-state index in [1.807, 2.05) is 19.1 Å². The van der Waals surface area contributed by atoms with Crippen LogP contribution in [0.3, 0.4) is 0 Å². The Labute approximate surface area is 165 Å². The van der Waals surface area contributed by atoms with Crippen molar-refractivity contribution in [2.75, 3.05) is 6.61 Å². The van der Waals surface area contributed by atoms with Gasteiger partial charge in [0.05, 0.1) is 11.1 Å².